The monoisotopic (exact) mass is 212 g/mol. The van der Waals surface area contributed by atoms with Crippen LogP contribution in [0.15, 0.2) is 0 Å². The number of carbonyl (C=O) groups is 3. The third-order valence-electron chi connectivity index (χ3n) is 3.04. The molecule has 0 bridgehead atoms. The second-order valence-corrected chi connectivity index (χ2v) is 4.71. The molecular weight excluding hydrogens is 196 g/mol. The third-order valence-corrected chi connectivity index (χ3v) is 3.04. The van der Waals surface area contributed by atoms with E-state index in [1.54, 1.807) is 20.8 Å². The molecule has 0 heterocycles. The molecule has 0 aromatic rings. The molecule has 84 valence electrons. The molecule has 0 aromatic carbocycles. The van der Waals surface area contributed by atoms with Crippen LogP contribution in [0.5, 0.6) is 0 Å². The molecular formula is C11H16O4. The Labute approximate surface area is 89.0 Å². The normalized spacial score (nSPS) is 30.1. The summed E-state index contributed by atoms with van der Waals surface area (Å²) in [5.74, 6) is -2.44. The second kappa shape index (κ2) is 3.76. The molecule has 0 amide bonds. The standard InChI is InChI=1S/C11H16O4/c1-6-7(12)5-11(2,3)8(9(6)13)10(14)15-4/h6,8H,5H2,1-4H3. The van der Waals surface area contributed by atoms with Crippen molar-refractivity contribution < 1.29 is 19.1 Å². The summed E-state index contributed by atoms with van der Waals surface area (Å²) in [7, 11) is 1.26. The Hall–Kier alpha value is -1.19. The number of Topliss-reactive ketones (excluding diaryl/α,β-unsaturated/α-hetero) is 2. The molecule has 1 aliphatic carbocycles. The molecule has 1 aliphatic rings. The molecule has 1 fully saturated rings. The van der Waals surface area contributed by atoms with Gasteiger partial charge in [0.05, 0.1) is 13.0 Å². The number of hydrogen-bond acceptors (Lipinski definition) is 4. The molecule has 15 heavy (non-hydrogen) atoms. The second-order valence-electron chi connectivity index (χ2n) is 4.71. The Morgan fingerprint density at radius 2 is 1.93 bits per heavy atom. The fourth-order valence-corrected chi connectivity index (χ4v) is 2.05. The number of ether oxygens (including phenoxy) is 1. The zero-order valence-corrected chi connectivity index (χ0v) is 9.49. The van der Waals surface area contributed by atoms with E-state index in [1.807, 2.05) is 0 Å². The van der Waals surface area contributed by atoms with Crippen LogP contribution in [0.3, 0.4) is 0 Å². The average Bonchev–Trinajstić information content (AvgIpc) is 2.13. The Balaban J connectivity index is 3.07. The molecule has 4 nitrogen and oxygen atoms in total. The predicted molar refractivity (Wildman–Crippen MR) is 53.1 cm³/mol. The van der Waals surface area contributed by atoms with E-state index in [1.165, 1.54) is 7.11 Å². The number of methoxy groups -OCH3 is 1. The van der Waals surface area contributed by atoms with Crippen molar-refractivity contribution >= 4 is 17.5 Å². The first-order valence-corrected chi connectivity index (χ1v) is 4.95. The van der Waals surface area contributed by atoms with E-state index in [4.69, 9.17) is 0 Å². The van der Waals surface area contributed by atoms with Gasteiger partial charge in [-0.15, -0.1) is 0 Å². The summed E-state index contributed by atoms with van der Waals surface area (Å²) in [5, 5.41) is 0. The topological polar surface area (TPSA) is 60.4 Å². The van der Waals surface area contributed by atoms with Crippen molar-refractivity contribution in [2.45, 2.75) is 27.2 Å². The van der Waals surface area contributed by atoms with Gasteiger partial charge in [0, 0.05) is 6.42 Å². The van der Waals surface area contributed by atoms with Gasteiger partial charge in [-0.3, -0.25) is 14.4 Å². The summed E-state index contributed by atoms with van der Waals surface area (Å²) in [6.07, 6.45) is 0.250. The van der Waals surface area contributed by atoms with E-state index in [2.05, 4.69) is 4.74 Å². The summed E-state index contributed by atoms with van der Waals surface area (Å²) in [4.78, 5) is 34.8. The summed E-state index contributed by atoms with van der Waals surface area (Å²) in [6, 6.07) is 0. The van der Waals surface area contributed by atoms with Gasteiger partial charge < -0.3 is 4.74 Å². The van der Waals surface area contributed by atoms with Crippen molar-refractivity contribution in [2.75, 3.05) is 7.11 Å². The Kier molecular flexibility index (Phi) is 2.98. The maximum Gasteiger partial charge on any atom is 0.316 e. The SMILES string of the molecule is COC(=O)C1C(=O)C(C)C(=O)CC1(C)C. The molecule has 1 rings (SSSR count). The van der Waals surface area contributed by atoms with Gasteiger partial charge in [0.2, 0.25) is 0 Å². The van der Waals surface area contributed by atoms with Crippen LogP contribution in [0.1, 0.15) is 27.2 Å². The van der Waals surface area contributed by atoms with Crippen molar-refractivity contribution in [3.05, 3.63) is 0 Å². The van der Waals surface area contributed by atoms with Gasteiger partial charge >= 0.3 is 5.97 Å². The smallest absolute Gasteiger partial charge is 0.316 e. The molecule has 0 radical (unpaired) electrons. The van der Waals surface area contributed by atoms with Crippen LogP contribution < -0.4 is 0 Å². The van der Waals surface area contributed by atoms with Gasteiger partial charge in [-0.1, -0.05) is 13.8 Å². The van der Waals surface area contributed by atoms with Gasteiger partial charge in [-0.2, -0.15) is 0 Å². The molecule has 2 atom stereocenters. The Bertz CT molecular complexity index is 317. The van der Waals surface area contributed by atoms with Gasteiger partial charge in [0.1, 0.15) is 11.7 Å². The lowest BCUT2D eigenvalue weighted by Crippen LogP contribution is -2.48. The van der Waals surface area contributed by atoms with E-state index < -0.39 is 23.2 Å². The average molecular weight is 212 g/mol. The minimum atomic E-state index is -0.810. The molecule has 0 spiro atoms. The van der Waals surface area contributed by atoms with Gasteiger partial charge in [-0.05, 0) is 12.3 Å². The minimum Gasteiger partial charge on any atom is -0.468 e. The molecule has 4 heteroatoms. The third kappa shape index (κ3) is 1.94. The molecule has 0 aliphatic heterocycles. The van der Waals surface area contributed by atoms with Crippen molar-refractivity contribution in [3.8, 4) is 0 Å². The maximum absolute atomic E-state index is 11.8. The Morgan fingerprint density at radius 3 is 2.40 bits per heavy atom. The highest BCUT2D eigenvalue weighted by atomic mass is 16.5. The first-order chi connectivity index (χ1) is 6.81. The van der Waals surface area contributed by atoms with Crippen LogP contribution in [-0.4, -0.2) is 24.6 Å². The van der Waals surface area contributed by atoms with Crippen molar-refractivity contribution in [3.63, 3.8) is 0 Å². The van der Waals surface area contributed by atoms with Crippen molar-refractivity contribution in [2.24, 2.45) is 17.3 Å². The van der Waals surface area contributed by atoms with Crippen LogP contribution >= 0.6 is 0 Å². The zero-order chi connectivity index (χ0) is 11.8. The molecule has 0 N–H and O–H groups in total. The first-order valence-electron chi connectivity index (χ1n) is 4.95. The minimum absolute atomic E-state index is 0.0925. The van der Waals surface area contributed by atoms with Crippen LogP contribution in [-0.2, 0) is 19.1 Å². The quantitative estimate of drug-likeness (QED) is 0.480. The van der Waals surface area contributed by atoms with E-state index in [0.29, 0.717) is 0 Å². The number of esters is 1. The highest BCUT2D eigenvalue weighted by molar-refractivity contribution is 6.13. The lowest BCUT2D eigenvalue weighted by Gasteiger charge is -2.36. The van der Waals surface area contributed by atoms with E-state index in [0.717, 1.165) is 0 Å². The Morgan fingerprint density at radius 1 is 1.40 bits per heavy atom. The summed E-state index contributed by atoms with van der Waals surface area (Å²) >= 11 is 0. The van der Waals surface area contributed by atoms with Crippen molar-refractivity contribution in [1.82, 2.24) is 0 Å². The fourth-order valence-electron chi connectivity index (χ4n) is 2.05. The lowest BCUT2D eigenvalue weighted by atomic mass is 9.64. The highest BCUT2D eigenvalue weighted by Crippen LogP contribution is 2.39. The van der Waals surface area contributed by atoms with E-state index in [9.17, 15) is 14.4 Å². The summed E-state index contributed by atoms with van der Waals surface area (Å²) in [6.45, 7) is 5.04. The number of rotatable bonds is 1. The summed E-state index contributed by atoms with van der Waals surface area (Å²) < 4.78 is 4.61. The lowest BCUT2D eigenvalue weighted by molar-refractivity contribution is -0.160. The van der Waals surface area contributed by atoms with Gasteiger partial charge in [0.25, 0.3) is 0 Å². The van der Waals surface area contributed by atoms with Gasteiger partial charge in [-0.25, -0.2) is 0 Å². The van der Waals surface area contributed by atoms with Crippen LogP contribution in [0.2, 0.25) is 0 Å². The zero-order valence-electron chi connectivity index (χ0n) is 9.49. The maximum atomic E-state index is 11.8. The largest absolute Gasteiger partial charge is 0.468 e. The predicted octanol–water partition coefficient (Wildman–Crippen LogP) is 0.980. The van der Waals surface area contributed by atoms with Gasteiger partial charge in [0.15, 0.2) is 5.78 Å². The molecule has 1 saturated carbocycles. The van der Waals surface area contributed by atoms with Crippen LogP contribution in [0.4, 0.5) is 0 Å². The van der Waals surface area contributed by atoms with Crippen molar-refractivity contribution in [1.29, 1.82) is 0 Å². The molecule has 0 saturated heterocycles. The number of carbonyl (C=O) groups excluding carboxylic acids is 3. The van der Waals surface area contributed by atoms with E-state index >= 15 is 0 Å². The summed E-state index contributed by atoms with van der Waals surface area (Å²) in [5.41, 5.74) is -0.631. The van der Waals surface area contributed by atoms with Crippen LogP contribution in [0, 0.1) is 17.3 Å². The fraction of sp³-hybridized carbons (Fsp3) is 0.727. The highest BCUT2D eigenvalue weighted by Gasteiger charge is 2.50. The van der Waals surface area contributed by atoms with E-state index in [-0.39, 0.29) is 18.0 Å². The van der Waals surface area contributed by atoms with Crippen LogP contribution in [0.25, 0.3) is 0 Å². The molecule has 2 unspecified atom stereocenters. The number of hydrogen-bond donors (Lipinski definition) is 0. The number of ketones is 2. The molecule has 0 aromatic heterocycles. The first kappa shape index (κ1) is 11.9.